The van der Waals surface area contributed by atoms with Crippen LogP contribution in [0.2, 0.25) is 0 Å². The third-order valence-corrected chi connectivity index (χ3v) is 5.38. The summed E-state index contributed by atoms with van der Waals surface area (Å²) < 4.78 is 81.8. The lowest BCUT2D eigenvalue weighted by Gasteiger charge is -2.30. The second kappa shape index (κ2) is 8.59. The smallest absolute Gasteiger partial charge is 0.335 e. The van der Waals surface area contributed by atoms with Gasteiger partial charge in [0.1, 0.15) is 11.5 Å². The second-order valence-corrected chi connectivity index (χ2v) is 7.59. The maximum Gasteiger partial charge on any atom is 0.449 e. The van der Waals surface area contributed by atoms with E-state index in [0.29, 0.717) is 6.07 Å². The van der Waals surface area contributed by atoms with E-state index in [1.165, 1.54) is 17.2 Å². The van der Waals surface area contributed by atoms with Crippen molar-refractivity contribution in [2.45, 2.75) is 31.7 Å². The normalized spacial score (nSPS) is 14.7. The van der Waals surface area contributed by atoms with Crippen LogP contribution < -0.4 is 5.73 Å². The summed E-state index contributed by atoms with van der Waals surface area (Å²) in [5.41, 5.74) is 5.19. The number of rotatable bonds is 5. The lowest BCUT2D eigenvalue weighted by Crippen LogP contribution is -2.43. The number of H-pyrrole nitrogens is 1. The third kappa shape index (κ3) is 4.27. The number of aromatic amines is 1. The molecule has 0 spiro atoms. The minimum absolute atomic E-state index is 0.0356. The van der Waals surface area contributed by atoms with E-state index < -0.39 is 59.2 Å². The van der Waals surface area contributed by atoms with Crippen molar-refractivity contribution in [3.63, 3.8) is 0 Å². The number of amides is 1. The van der Waals surface area contributed by atoms with Crippen LogP contribution in [0.5, 0.6) is 0 Å². The molecule has 3 aromatic rings. The second-order valence-electron chi connectivity index (χ2n) is 7.59. The molecule has 2 aromatic heterocycles. The van der Waals surface area contributed by atoms with Crippen molar-refractivity contribution < 1.29 is 35.9 Å². The third-order valence-electron chi connectivity index (χ3n) is 5.38. The number of nitrogens with one attached hydrogen (secondary N) is 1. The van der Waals surface area contributed by atoms with Crippen LogP contribution in [0, 0.1) is 17.5 Å². The van der Waals surface area contributed by atoms with Gasteiger partial charge in [0.15, 0.2) is 17.4 Å². The zero-order chi connectivity index (χ0) is 24.8. The van der Waals surface area contributed by atoms with Gasteiger partial charge in [-0.15, -0.1) is 0 Å². The molecule has 0 saturated heterocycles. The Morgan fingerprint density at radius 2 is 1.82 bits per heavy atom. The van der Waals surface area contributed by atoms with Crippen LogP contribution in [-0.2, 0) is 24.1 Å². The highest BCUT2D eigenvalue weighted by Gasteiger charge is 2.41. The standard InChI is InChI=1S/C20H16F6N6O2/c21-10-6-12(23)11(22)5-9(10)18(34)13(27)7-16(33)31-3-4-32-15(8-31)17(14-1-2-28-30-14)29-19(32)20(24,25)26/h1-2,5-6,13H,3-4,7-8,27H2,(H,28,30)/t13-/m1/s1. The van der Waals surface area contributed by atoms with Crippen molar-refractivity contribution in [2.24, 2.45) is 5.73 Å². The summed E-state index contributed by atoms with van der Waals surface area (Å²) in [5, 5.41) is 6.25. The maximum atomic E-state index is 13.9. The van der Waals surface area contributed by atoms with Gasteiger partial charge in [-0.1, -0.05) is 0 Å². The van der Waals surface area contributed by atoms with Gasteiger partial charge >= 0.3 is 6.18 Å². The van der Waals surface area contributed by atoms with E-state index in [9.17, 15) is 35.9 Å². The summed E-state index contributed by atoms with van der Waals surface area (Å²) in [4.78, 5) is 30.0. The molecule has 34 heavy (non-hydrogen) atoms. The van der Waals surface area contributed by atoms with Gasteiger partial charge in [-0.05, 0) is 12.1 Å². The summed E-state index contributed by atoms with van der Waals surface area (Å²) >= 11 is 0. The van der Waals surface area contributed by atoms with E-state index in [4.69, 9.17) is 5.73 Å². The Hall–Kier alpha value is -3.68. The zero-order valence-corrected chi connectivity index (χ0v) is 17.2. The minimum atomic E-state index is -4.73. The van der Waals surface area contributed by atoms with Gasteiger partial charge in [-0.2, -0.15) is 18.3 Å². The molecule has 0 bridgehead atoms. The lowest BCUT2D eigenvalue weighted by molar-refractivity contribution is -0.148. The lowest BCUT2D eigenvalue weighted by atomic mass is 10.0. The number of halogens is 6. The van der Waals surface area contributed by atoms with Gasteiger partial charge in [0.2, 0.25) is 11.7 Å². The first kappa shape index (κ1) is 23.5. The average Bonchev–Trinajstić information content (AvgIpc) is 3.42. The predicted molar refractivity (Wildman–Crippen MR) is 103 cm³/mol. The summed E-state index contributed by atoms with van der Waals surface area (Å²) in [5.74, 6) is -7.23. The molecule has 180 valence electrons. The van der Waals surface area contributed by atoms with E-state index in [1.54, 1.807) is 0 Å². The molecule has 4 rings (SSSR count). The fourth-order valence-electron chi connectivity index (χ4n) is 3.72. The van der Waals surface area contributed by atoms with Crippen molar-refractivity contribution in [3.8, 4) is 11.4 Å². The summed E-state index contributed by atoms with van der Waals surface area (Å²) in [7, 11) is 0. The fourth-order valence-corrected chi connectivity index (χ4v) is 3.72. The first-order valence-electron chi connectivity index (χ1n) is 9.85. The first-order valence-corrected chi connectivity index (χ1v) is 9.85. The number of hydrogen-bond donors (Lipinski definition) is 2. The summed E-state index contributed by atoms with van der Waals surface area (Å²) in [6, 6.07) is 0.385. The first-order chi connectivity index (χ1) is 16.0. The molecule has 1 aromatic carbocycles. The van der Waals surface area contributed by atoms with Crippen LogP contribution in [-0.4, -0.2) is 48.9 Å². The monoisotopic (exact) mass is 486 g/mol. The number of carbonyl (C=O) groups is 2. The molecule has 1 atom stereocenters. The van der Waals surface area contributed by atoms with Gasteiger partial charge in [0, 0.05) is 31.8 Å². The van der Waals surface area contributed by atoms with Crippen molar-refractivity contribution in [1.29, 1.82) is 0 Å². The molecular weight excluding hydrogens is 470 g/mol. The minimum Gasteiger partial charge on any atom is -0.335 e. The van der Waals surface area contributed by atoms with Crippen molar-refractivity contribution in [3.05, 3.63) is 58.9 Å². The van der Waals surface area contributed by atoms with Crippen LogP contribution in [0.15, 0.2) is 24.4 Å². The van der Waals surface area contributed by atoms with Crippen molar-refractivity contribution >= 4 is 11.7 Å². The van der Waals surface area contributed by atoms with E-state index in [0.717, 1.165) is 4.57 Å². The molecular formula is C20H16F6N6O2. The molecule has 3 N–H and O–H groups in total. The van der Waals surface area contributed by atoms with Gasteiger partial charge in [-0.3, -0.25) is 14.7 Å². The predicted octanol–water partition coefficient (Wildman–Crippen LogP) is 2.65. The van der Waals surface area contributed by atoms with Crippen molar-refractivity contribution in [2.75, 3.05) is 6.54 Å². The number of nitrogens with two attached hydrogens (primary N) is 1. The number of Topliss-reactive ketones (excluding diaryl/α,β-unsaturated/α-hetero) is 1. The van der Waals surface area contributed by atoms with E-state index in [2.05, 4.69) is 15.2 Å². The average molecular weight is 486 g/mol. The molecule has 1 aliphatic heterocycles. The molecule has 0 radical (unpaired) electrons. The Morgan fingerprint density at radius 3 is 2.47 bits per heavy atom. The Balaban J connectivity index is 1.55. The van der Waals surface area contributed by atoms with E-state index in [-0.39, 0.29) is 42.8 Å². The molecule has 14 heteroatoms. The maximum absolute atomic E-state index is 13.9. The number of hydrogen-bond acceptors (Lipinski definition) is 5. The molecule has 0 fully saturated rings. The van der Waals surface area contributed by atoms with Gasteiger partial charge in [0.05, 0.1) is 29.5 Å². The number of nitrogens with zero attached hydrogens (tertiary/aromatic N) is 4. The number of fused-ring (bicyclic) bond motifs is 1. The highest BCUT2D eigenvalue weighted by atomic mass is 19.4. The molecule has 3 heterocycles. The fraction of sp³-hybridized carbons (Fsp3) is 0.300. The SMILES string of the molecule is N[C@H](CC(=O)N1CCn2c(C(F)(F)F)nc(-c3ccn[nH]3)c2C1)C(=O)c1cc(F)c(F)cc1F. The molecule has 1 amide bonds. The van der Waals surface area contributed by atoms with Crippen LogP contribution in [0.3, 0.4) is 0 Å². The van der Waals surface area contributed by atoms with Crippen LogP contribution >= 0.6 is 0 Å². The topological polar surface area (TPSA) is 110 Å². The van der Waals surface area contributed by atoms with Gasteiger partial charge < -0.3 is 15.2 Å². The number of ketones is 1. The molecule has 8 nitrogen and oxygen atoms in total. The molecule has 1 aliphatic rings. The molecule has 0 aliphatic carbocycles. The summed E-state index contributed by atoms with van der Waals surface area (Å²) in [6.07, 6.45) is -4.03. The zero-order valence-electron chi connectivity index (χ0n) is 17.2. The number of alkyl halides is 3. The number of aromatic nitrogens is 4. The molecule has 0 unspecified atom stereocenters. The number of benzene rings is 1. The largest absolute Gasteiger partial charge is 0.449 e. The van der Waals surface area contributed by atoms with Crippen molar-refractivity contribution in [1.82, 2.24) is 24.6 Å². The van der Waals surface area contributed by atoms with Crippen LogP contribution in [0.4, 0.5) is 26.3 Å². The number of imidazole rings is 1. The highest BCUT2D eigenvalue weighted by Crippen LogP contribution is 2.35. The Bertz CT molecular complexity index is 1250. The van der Waals surface area contributed by atoms with E-state index in [1.807, 2.05) is 0 Å². The highest BCUT2D eigenvalue weighted by molar-refractivity contribution is 6.02. The van der Waals surface area contributed by atoms with Crippen LogP contribution in [0.25, 0.3) is 11.4 Å². The Kier molecular flexibility index (Phi) is 5.93. The van der Waals surface area contributed by atoms with Gasteiger partial charge in [0.25, 0.3) is 0 Å². The Labute approximate surface area is 187 Å². The Morgan fingerprint density at radius 1 is 1.12 bits per heavy atom. The quantitative estimate of drug-likeness (QED) is 0.328. The summed E-state index contributed by atoms with van der Waals surface area (Å²) in [6.45, 7) is -0.622. The van der Waals surface area contributed by atoms with E-state index >= 15 is 0 Å². The van der Waals surface area contributed by atoms with Gasteiger partial charge in [-0.25, -0.2) is 18.2 Å². The molecule has 0 saturated carbocycles. The number of carbonyl (C=O) groups excluding carboxylic acids is 2. The van der Waals surface area contributed by atoms with Crippen LogP contribution in [0.1, 0.15) is 28.3 Å².